The van der Waals surface area contributed by atoms with E-state index in [0.717, 1.165) is 0 Å². The molecule has 1 N–H and O–H groups in total. The molecule has 0 spiro atoms. The summed E-state index contributed by atoms with van der Waals surface area (Å²) in [6.07, 6.45) is 4.00. The van der Waals surface area contributed by atoms with Gasteiger partial charge in [-0.05, 0) is 6.42 Å². The second-order valence-corrected chi connectivity index (χ2v) is 2.70. The minimum absolute atomic E-state index is 0.117. The molecule has 0 atom stereocenters. The fourth-order valence-electron chi connectivity index (χ4n) is 0.913. The first-order chi connectivity index (χ1) is 6.83. The highest BCUT2D eigenvalue weighted by Gasteiger charge is 2.01. The van der Waals surface area contributed by atoms with Crippen LogP contribution < -0.4 is 5.32 Å². The molecule has 0 saturated carbocycles. The molecule has 14 heavy (non-hydrogen) atoms. The van der Waals surface area contributed by atoms with Crippen molar-refractivity contribution in [1.82, 2.24) is 20.1 Å². The summed E-state index contributed by atoms with van der Waals surface area (Å²) in [5, 5.41) is 14.7. The number of nitrogens with one attached hydrogen (secondary N) is 1. The Hall–Kier alpha value is -1.90. The van der Waals surface area contributed by atoms with E-state index in [4.69, 9.17) is 5.26 Å². The molecule has 0 radical (unpaired) electrons. The molecule has 0 aliphatic rings. The van der Waals surface area contributed by atoms with Crippen molar-refractivity contribution in [2.24, 2.45) is 0 Å². The summed E-state index contributed by atoms with van der Waals surface area (Å²) in [4.78, 5) is 14.9. The zero-order valence-corrected chi connectivity index (χ0v) is 7.68. The molecule has 1 heterocycles. The number of hydrogen-bond acceptors (Lipinski definition) is 4. The molecule has 1 rings (SSSR count). The van der Waals surface area contributed by atoms with E-state index in [9.17, 15) is 4.79 Å². The standard InChI is InChI=1S/C8H11N5O/c9-3-1-2-4-11-8(14)5-13-7-10-6-12-13/h6-7H,1-2,4-5H2,(H,11,14). The van der Waals surface area contributed by atoms with Crippen molar-refractivity contribution in [2.75, 3.05) is 6.54 Å². The fraction of sp³-hybridized carbons (Fsp3) is 0.500. The van der Waals surface area contributed by atoms with Crippen molar-refractivity contribution in [3.63, 3.8) is 0 Å². The summed E-state index contributed by atoms with van der Waals surface area (Å²) in [5.74, 6) is -0.117. The molecular weight excluding hydrogens is 182 g/mol. The van der Waals surface area contributed by atoms with Gasteiger partial charge in [-0.15, -0.1) is 0 Å². The number of carbonyl (C=O) groups excluding carboxylic acids is 1. The predicted molar refractivity (Wildman–Crippen MR) is 47.9 cm³/mol. The minimum atomic E-state index is -0.117. The Morgan fingerprint density at radius 3 is 3.14 bits per heavy atom. The van der Waals surface area contributed by atoms with Gasteiger partial charge in [0.05, 0.1) is 6.07 Å². The van der Waals surface area contributed by atoms with Gasteiger partial charge in [0, 0.05) is 13.0 Å². The smallest absolute Gasteiger partial charge is 0.241 e. The van der Waals surface area contributed by atoms with Crippen LogP contribution in [0.2, 0.25) is 0 Å². The molecule has 0 saturated heterocycles. The summed E-state index contributed by atoms with van der Waals surface area (Å²) >= 11 is 0. The lowest BCUT2D eigenvalue weighted by molar-refractivity contribution is -0.121. The lowest BCUT2D eigenvalue weighted by atomic mass is 10.3. The van der Waals surface area contributed by atoms with E-state index in [0.29, 0.717) is 19.4 Å². The van der Waals surface area contributed by atoms with Gasteiger partial charge in [-0.25, -0.2) is 9.67 Å². The highest BCUT2D eigenvalue weighted by Crippen LogP contribution is 1.84. The van der Waals surface area contributed by atoms with E-state index in [2.05, 4.69) is 15.4 Å². The summed E-state index contributed by atoms with van der Waals surface area (Å²) in [5.41, 5.74) is 0. The molecular formula is C8H11N5O. The average Bonchev–Trinajstić information content (AvgIpc) is 2.65. The Bertz CT molecular complexity index is 313. The van der Waals surface area contributed by atoms with Gasteiger partial charge in [-0.3, -0.25) is 4.79 Å². The molecule has 6 heteroatoms. The zero-order chi connectivity index (χ0) is 10.2. The van der Waals surface area contributed by atoms with Gasteiger partial charge < -0.3 is 5.32 Å². The largest absolute Gasteiger partial charge is 0.354 e. The Kier molecular flexibility index (Phi) is 4.14. The molecule has 1 aromatic rings. The zero-order valence-electron chi connectivity index (χ0n) is 7.68. The quantitative estimate of drug-likeness (QED) is 0.650. The number of carbonyl (C=O) groups is 1. The van der Waals surface area contributed by atoms with Gasteiger partial charge in [-0.1, -0.05) is 0 Å². The van der Waals surface area contributed by atoms with Crippen LogP contribution in [0.5, 0.6) is 0 Å². The van der Waals surface area contributed by atoms with Crippen LogP contribution in [0, 0.1) is 11.3 Å². The lowest BCUT2D eigenvalue weighted by Crippen LogP contribution is -2.28. The number of nitrogens with zero attached hydrogens (tertiary/aromatic N) is 4. The van der Waals surface area contributed by atoms with E-state index in [1.54, 1.807) is 0 Å². The SMILES string of the molecule is N#CCCCNC(=O)Cn1cncn1. The summed E-state index contributed by atoms with van der Waals surface area (Å²) < 4.78 is 1.44. The van der Waals surface area contributed by atoms with E-state index >= 15 is 0 Å². The average molecular weight is 193 g/mol. The molecule has 0 aromatic carbocycles. The normalized spacial score (nSPS) is 9.36. The maximum absolute atomic E-state index is 11.2. The Morgan fingerprint density at radius 1 is 1.64 bits per heavy atom. The third-order valence-electron chi connectivity index (χ3n) is 1.56. The van der Waals surface area contributed by atoms with Crippen LogP contribution in [0.1, 0.15) is 12.8 Å². The monoisotopic (exact) mass is 193 g/mol. The maximum atomic E-state index is 11.2. The first kappa shape index (κ1) is 10.2. The predicted octanol–water partition coefficient (Wildman–Crippen LogP) is -0.302. The third-order valence-corrected chi connectivity index (χ3v) is 1.56. The number of amides is 1. The van der Waals surface area contributed by atoms with Crippen LogP contribution >= 0.6 is 0 Å². The van der Waals surface area contributed by atoms with Crippen molar-refractivity contribution >= 4 is 5.91 Å². The summed E-state index contributed by atoms with van der Waals surface area (Å²) in [7, 11) is 0. The molecule has 0 fully saturated rings. The van der Waals surface area contributed by atoms with Crippen LogP contribution in [0.15, 0.2) is 12.7 Å². The second-order valence-electron chi connectivity index (χ2n) is 2.70. The van der Waals surface area contributed by atoms with E-state index in [-0.39, 0.29) is 12.5 Å². The first-order valence-corrected chi connectivity index (χ1v) is 4.29. The van der Waals surface area contributed by atoms with Crippen LogP contribution in [0.25, 0.3) is 0 Å². The van der Waals surface area contributed by atoms with Gasteiger partial charge in [0.15, 0.2) is 0 Å². The van der Waals surface area contributed by atoms with E-state index in [1.165, 1.54) is 17.3 Å². The van der Waals surface area contributed by atoms with Crippen molar-refractivity contribution in [3.05, 3.63) is 12.7 Å². The Labute approximate surface area is 81.6 Å². The van der Waals surface area contributed by atoms with E-state index < -0.39 is 0 Å². The van der Waals surface area contributed by atoms with Gasteiger partial charge in [0.2, 0.25) is 5.91 Å². The molecule has 74 valence electrons. The minimum Gasteiger partial charge on any atom is -0.354 e. The lowest BCUT2D eigenvalue weighted by Gasteiger charge is -2.02. The summed E-state index contributed by atoms with van der Waals surface area (Å²) in [6.45, 7) is 0.702. The Balaban J connectivity index is 2.14. The molecule has 1 aromatic heterocycles. The van der Waals surface area contributed by atoms with Gasteiger partial charge >= 0.3 is 0 Å². The highest BCUT2D eigenvalue weighted by atomic mass is 16.2. The molecule has 6 nitrogen and oxygen atoms in total. The molecule has 0 bridgehead atoms. The van der Waals surface area contributed by atoms with Crippen molar-refractivity contribution in [3.8, 4) is 6.07 Å². The van der Waals surface area contributed by atoms with Crippen LogP contribution in [0.3, 0.4) is 0 Å². The van der Waals surface area contributed by atoms with Crippen molar-refractivity contribution in [1.29, 1.82) is 5.26 Å². The second kappa shape index (κ2) is 5.70. The summed E-state index contributed by atoms with van der Waals surface area (Å²) in [6, 6.07) is 2.01. The molecule has 0 aliphatic carbocycles. The molecule has 0 unspecified atom stereocenters. The number of nitriles is 1. The number of hydrogen-bond donors (Lipinski definition) is 1. The van der Waals surface area contributed by atoms with Crippen LogP contribution in [-0.4, -0.2) is 27.2 Å². The molecule has 0 aliphatic heterocycles. The van der Waals surface area contributed by atoms with Crippen LogP contribution in [0.4, 0.5) is 0 Å². The van der Waals surface area contributed by atoms with Gasteiger partial charge in [0.25, 0.3) is 0 Å². The van der Waals surface area contributed by atoms with Crippen LogP contribution in [-0.2, 0) is 11.3 Å². The molecule has 1 amide bonds. The Morgan fingerprint density at radius 2 is 2.50 bits per heavy atom. The first-order valence-electron chi connectivity index (χ1n) is 4.29. The van der Waals surface area contributed by atoms with E-state index in [1.807, 2.05) is 6.07 Å². The van der Waals surface area contributed by atoms with Crippen molar-refractivity contribution < 1.29 is 4.79 Å². The third kappa shape index (κ3) is 3.67. The number of rotatable bonds is 5. The topological polar surface area (TPSA) is 83.6 Å². The number of aromatic nitrogens is 3. The fourth-order valence-corrected chi connectivity index (χ4v) is 0.913. The van der Waals surface area contributed by atoms with Gasteiger partial charge in [0.1, 0.15) is 19.2 Å². The number of unbranched alkanes of at least 4 members (excludes halogenated alkanes) is 1. The van der Waals surface area contributed by atoms with Gasteiger partial charge in [-0.2, -0.15) is 10.4 Å². The highest BCUT2D eigenvalue weighted by molar-refractivity contribution is 5.75. The van der Waals surface area contributed by atoms with Crippen molar-refractivity contribution in [2.45, 2.75) is 19.4 Å². The maximum Gasteiger partial charge on any atom is 0.241 e.